The zero-order valence-corrected chi connectivity index (χ0v) is 15.3. The van der Waals surface area contributed by atoms with E-state index in [1.807, 2.05) is 35.2 Å². The number of carbonyl (C=O) groups is 1. The van der Waals surface area contributed by atoms with Gasteiger partial charge in [-0.3, -0.25) is 9.78 Å². The average molecular weight is 362 g/mol. The van der Waals surface area contributed by atoms with Gasteiger partial charge in [0, 0.05) is 50.2 Å². The zero-order valence-electron chi connectivity index (χ0n) is 15.3. The second-order valence-electron chi connectivity index (χ2n) is 6.53. The van der Waals surface area contributed by atoms with Gasteiger partial charge in [0.25, 0.3) is 5.91 Å². The topological polar surface area (TPSA) is 74.2 Å². The van der Waals surface area contributed by atoms with E-state index in [1.54, 1.807) is 18.6 Å². The number of nitrogens with zero attached hydrogens (tertiary/aromatic N) is 5. The van der Waals surface area contributed by atoms with E-state index in [2.05, 4.69) is 32.1 Å². The Hall–Kier alpha value is -3.06. The minimum absolute atomic E-state index is 0.0101. The van der Waals surface area contributed by atoms with Crippen LogP contribution in [-0.4, -0.2) is 63.4 Å². The van der Waals surface area contributed by atoms with Gasteiger partial charge in [0.1, 0.15) is 0 Å². The average Bonchev–Trinajstić information content (AvgIpc) is 2.74. The Labute approximate surface area is 158 Å². The van der Waals surface area contributed by atoms with Crippen molar-refractivity contribution in [1.29, 1.82) is 0 Å². The van der Waals surface area contributed by atoms with E-state index in [1.165, 1.54) is 0 Å². The molecule has 138 valence electrons. The summed E-state index contributed by atoms with van der Waals surface area (Å²) in [5.74, 6) is 0.435. The first-order valence-electron chi connectivity index (χ1n) is 9.19. The molecule has 0 bridgehead atoms. The number of hydrogen-bond acceptors (Lipinski definition) is 6. The quantitative estimate of drug-likeness (QED) is 0.769. The third-order valence-corrected chi connectivity index (χ3v) is 4.88. The van der Waals surface area contributed by atoms with Gasteiger partial charge in [-0.1, -0.05) is 25.1 Å². The summed E-state index contributed by atoms with van der Waals surface area (Å²) >= 11 is 0. The second-order valence-corrected chi connectivity index (χ2v) is 6.53. The summed E-state index contributed by atoms with van der Waals surface area (Å²) in [6.45, 7) is 6.48. The molecule has 1 aliphatic heterocycles. The lowest BCUT2D eigenvalue weighted by molar-refractivity contribution is 0.0642. The normalized spacial score (nSPS) is 15.1. The van der Waals surface area contributed by atoms with Crippen LogP contribution in [0.2, 0.25) is 0 Å². The molecule has 2 aromatic heterocycles. The maximum atomic E-state index is 12.6. The fourth-order valence-electron chi connectivity index (χ4n) is 3.28. The smallest absolute Gasteiger partial charge is 0.257 e. The number of para-hydroxylation sites is 1. The first kappa shape index (κ1) is 17.4. The number of pyridine rings is 1. The summed E-state index contributed by atoms with van der Waals surface area (Å²) in [4.78, 5) is 29.9. The molecule has 1 fully saturated rings. The van der Waals surface area contributed by atoms with Crippen molar-refractivity contribution >= 4 is 28.4 Å². The summed E-state index contributed by atoms with van der Waals surface area (Å²) in [5.41, 5.74) is 2.21. The summed E-state index contributed by atoms with van der Waals surface area (Å²) in [6, 6.07) is 9.82. The molecule has 1 aliphatic rings. The molecule has 4 rings (SSSR count). The number of carbonyl (C=O) groups excluding carboxylic acids is 1. The Morgan fingerprint density at radius 2 is 1.78 bits per heavy atom. The molecule has 1 N–H and O–H groups in total. The van der Waals surface area contributed by atoms with Crippen molar-refractivity contribution in [3.63, 3.8) is 0 Å². The van der Waals surface area contributed by atoms with Gasteiger partial charge in [-0.15, -0.1) is 0 Å². The van der Waals surface area contributed by atoms with Gasteiger partial charge in [0.2, 0.25) is 5.95 Å². The van der Waals surface area contributed by atoms with Crippen LogP contribution in [0, 0.1) is 0 Å². The van der Waals surface area contributed by atoms with Crippen LogP contribution in [0.15, 0.2) is 48.9 Å². The number of rotatable bonds is 4. The van der Waals surface area contributed by atoms with E-state index in [0.29, 0.717) is 11.5 Å². The Balaban J connectivity index is 1.47. The number of nitrogens with one attached hydrogen (secondary N) is 1. The number of benzene rings is 1. The van der Waals surface area contributed by atoms with E-state index in [0.717, 1.165) is 49.3 Å². The van der Waals surface area contributed by atoms with Gasteiger partial charge in [-0.2, -0.15) is 0 Å². The number of hydrogen-bond donors (Lipinski definition) is 1. The molecule has 7 nitrogen and oxygen atoms in total. The molecule has 3 aromatic rings. The molecule has 0 spiro atoms. The monoisotopic (exact) mass is 362 g/mol. The molecular formula is C20H22N6O. The minimum Gasteiger partial charge on any atom is -0.336 e. The van der Waals surface area contributed by atoms with Crippen LogP contribution in [0.25, 0.3) is 10.9 Å². The Bertz CT molecular complexity index is 929. The molecule has 1 amide bonds. The number of piperazine rings is 1. The number of likely N-dealkylation sites (N-methyl/N-ethyl adjacent to an activating group) is 1. The highest BCUT2D eigenvalue weighted by atomic mass is 16.2. The minimum atomic E-state index is -0.0101. The summed E-state index contributed by atoms with van der Waals surface area (Å²) in [5, 5.41) is 4.23. The summed E-state index contributed by atoms with van der Waals surface area (Å²) in [6.07, 6.45) is 4.93. The highest BCUT2D eigenvalue weighted by molar-refractivity contribution is 5.94. The Morgan fingerprint density at radius 3 is 2.52 bits per heavy atom. The van der Waals surface area contributed by atoms with Crippen LogP contribution in [0.1, 0.15) is 17.3 Å². The van der Waals surface area contributed by atoms with Gasteiger partial charge < -0.3 is 15.1 Å². The number of amides is 1. The van der Waals surface area contributed by atoms with Crippen LogP contribution in [0.3, 0.4) is 0 Å². The fraction of sp³-hybridized carbons (Fsp3) is 0.300. The van der Waals surface area contributed by atoms with Crippen molar-refractivity contribution < 1.29 is 4.79 Å². The van der Waals surface area contributed by atoms with Crippen LogP contribution < -0.4 is 5.32 Å². The first-order chi connectivity index (χ1) is 13.2. The van der Waals surface area contributed by atoms with Crippen molar-refractivity contribution in [1.82, 2.24) is 24.8 Å². The van der Waals surface area contributed by atoms with Gasteiger partial charge in [-0.05, 0) is 18.7 Å². The molecule has 1 saturated heterocycles. The number of anilines is 2. The maximum absolute atomic E-state index is 12.6. The zero-order chi connectivity index (χ0) is 18.6. The van der Waals surface area contributed by atoms with Crippen LogP contribution in [0.4, 0.5) is 11.6 Å². The molecule has 0 radical (unpaired) electrons. The fourth-order valence-corrected chi connectivity index (χ4v) is 3.28. The summed E-state index contributed by atoms with van der Waals surface area (Å²) < 4.78 is 0. The predicted octanol–water partition coefficient (Wildman–Crippen LogP) is 2.55. The van der Waals surface area contributed by atoms with Crippen molar-refractivity contribution in [2.45, 2.75) is 6.92 Å². The molecular weight excluding hydrogens is 340 g/mol. The van der Waals surface area contributed by atoms with Crippen molar-refractivity contribution in [2.75, 3.05) is 38.0 Å². The lowest BCUT2D eigenvalue weighted by Crippen LogP contribution is -2.48. The van der Waals surface area contributed by atoms with E-state index >= 15 is 0 Å². The maximum Gasteiger partial charge on any atom is 0.257 e. The Kier molecular flexibility index (Phi) is 4.93. The molecule has 27 heavy (non-hydrogen) atoms. The van der Waals surface area contributed by atoms with Gasteiger partial charge in [0.15, 0.2) is 0 Å². The lowest BCUT2D eigenvalue weighted by atomic mass is 10.2. The van der Waals surface area contributed by atoms with Crippen molar-refractivity contribution in [3.05, 3.63) is 54.5 Å². The van der Waals surface area contributed by atoms with E-state index < -0.39 is 0 Å². The van der Waals surface area contributed by atoms with Crippen LogP contribution in [0.5, 0.6) is 0 Å². The van der Waals surface area contributed by atoms with Crippen LogP contribution in [-0.2, 0) is 0 Å². The lowest BCUT2D eigenvalue weighted by Gasteiger charge is -2.33. The van der Waals surface area contributed by atoms with Crippen LogP contribution >= 0.6 is 0 Å². The standard InChI is InChI=1S/C20H22N6O/c1-2-25-9-11-26(12-10-25)19(27)16-13-22-20(23-14-16)24-17-7-3-5-15-6-4-8-21-18(15)17/h3-8,13-14H,2,9-12H2,1H3,(H,22,23,24). The SMILES string of the molecule is CCN1CCN(C(=O)c2cnc(Nc3cccc4cccnc34)nc2)CC1. The molecule has 3 heterocycles. The van der Waals surface area contributed by atoms with Gasteiger partial charge in [0.05, 0.1) is 16.8 Å². The Morgan fingerprint density at radius 1 is 1.04 bits per heavy atom. The highest BCUT2D eigenvalue weighted by Crippen LogP contribution is 2.23. The molecule has 0 saturated carbocycles. The number of fused-ring (bicyclic) bond motifs is 1. The van der Waals surface area contributed by atoms with E-state index in [9.17, 15) is 4.79 Å². The van der Waals surface area contributed by atoms with Gasteiger partial charge >= 0.3 is 0 Å². The third kappa shape index (κ3) is 3.73. The van der Waals surface area contributed by atoms with E-state index in [-0.39, 0.29) is 5.91 Å². The van der Waals surface area contributed by atoms with Crippen molar-refractivity contribution in [2.24, 2.45) is 0 Å². The second kappa shape index (κ2) is 7.67. The third-order valence-electron chi connectivity index (χ3n) is 4.88. The molecule has 0 atom stereocenters. The highest BCUT2D eigenvalue weighted by Gasteiger charge is 2.21. The molecule has 0 unspecified atom stereocenters. The van der Waals surface area contributed by atoms with Crippen molar-refractivity contribution in [3.8, 4) is 0 Å². The largest absolute Gasteiger partial charge is 0.336 e. The molecule has 0 aliphatic carbocycles. The molecule has 1 aromatic carbocycles. The van der Waals surface area contributed by atoms with Gasteiger partial charge in [-0.25, -0.2) is 9.97 Å². The summed E-state index contributed by atoms with van der Waals surface area (Å²) in [7, 11) is 0. The number of aromatic nitrogens is 3. The van der Waals surface area contributed by atoms with E-state index in [4.69, 9.17) is 0 Å². The first-order valence-corrected chi connectivity index (χ1v) is 9.19. The molecule has 7 heteroatoms. The predicted molar refractivity (Wildman–Crippen MR) is 105 cm³/mol.